The van der Waals surface area contributed by atoms with Gasteiger partial charge in [-0.1, -0.05) is 6.07 Å². The van der Waals surface area contributed by atoms with Crippen molar-refractivity contribution in [3.8, 4) is 0 Å². The van der Waals surface area contributed by atoms with Crippen LogP contribution in [0.1, 0.15) is 24.0 Å². The summed E-state index contributed by atoms with van der Waals surface area (Å²) < 4.78 is 26.0. The van der Waals surface area contributed by atoms with E-state index in [1.807, 2.05) is 19.9 Å². The van der Waals surface area contributed by atoms with E-state index in [0.717, 1.165) is 11.1 Å². The third-order valence-corrected chi connectivity index (χ3v) is 3.69. The van der Waals surface area contributed by atoms with Crippen LogP contribution in [0.25, 0.3) is 0 Å². The highest BCUT2D eigenvalue weighted by atomic mass is 32.2. The maximum Gasteiger partial charge on any atom is 0.232 e. The lowest BCUT2D eigenvalue weighted by molar-refractivity contribution is 0.287. The minimum Gasteiger partial charge on any atom is -0.396 e. The summed E-state index contributed by atoms with van der Waals surface area (Å²) in [5.74, 6) is 0.0422. The second kappa shape index (κ2) is 6.02. The van der Waals surface area contributed by atoms with Gasteiger partial charge < -0.3 is 5.11 Å². The Kier molecular flexibility index (Phi) is 4.96. The van der Waals surface area contributed by atoms with Gasteiger partial charge >= 0.3 is 0 Å². The van der Waals surface area contributed by atoms with Crippen molar-refractivity contribution >= 4 is 15.7 Å². The largest absolute Gasteiger partial charge is 0.396 e. The summed E-state index contributed by atoms with van der Waals surface area (Å²) in [6, 6.07) is 5.59. The molecule has 0 aromatic heterocycles. The summed E-state index contributed by atoms with van der Waals surface area (Å²) >= 11 is 0. The minimum atomic E-state index is -3.30. The number of hydrogen-bond donors (Lipinski definition) is 2. The van der Waals surface area contributed by atoms with Crippen molar-refractivity contribution in [1.29, 1.82) is 0 Å². The Morgan fingerprint density at radius 1 is 1.12 bits per heavy atom. The van der Waals surface area contributed by atoms with Crippen LogP contribution in [0.3, 0.4) is 0 Å². The molecule has 0 bridgehead atoms. The van der Waals surface area contributed by atoms with E-state index in [4.69, 9.17) is 5.11 Å². The smallest absolute Gasteiger partial charge is 0.232 e. The second-order valence-corrected chi connectivity index (χ2v) is 6.07. The number of aliphatic hydroxyl groups is 1. The topological polar surface area (TPSA) is 66.4 Å². The van der Waals surface area contributed by atoms with Crippen LogP contribution in [0.4, 0.5) is 5.69 Å². The van der Waals surface area contributed by atoms with Gasteiger partial charge in [-0.15, -0.1) is 0 Å². The molecule has 0 radical (unpaired) electrons. The van der Waals surface area contributed by atoms with Gasteiger partial charge in [-0.2, -0.15) is 0 Å². The summed E-state index contributed by atoms with van der Waals surface area (Å²) in [5.41, 5.74) is 2.66. The van der Waals surface area contributed by atoms with E-state index < -0.39 is 10.0 Å². The summed E-state index contributed by atoms with van der Waals surface area (Å²) in [6.45, 7) is 3.88. The third-order valence-electron chi connectivity index (χ3n) is 2.32. The molecule has 17 heavy (non-hydrogen) atoms. The lowest BCUT2D eigenvalue weighted by Crippen LogP contribution is -2.17. The molecular formula is C12H19NO3S. The van der Waals surface area contributed by atoms with Crippen LogP contribution in [-0.2, 0) is 10.0 Å². The zero-order valence-corrected chi connectivity index (χ0v) is 11.0. The van der Waals surface area contributed by atoms with Crippen molar-refractivity contribution in [3.63, 3.8) is 0 Å². The molecule has 1 rings (SSSR count). The molecule has 1 aromatic carbocycles. The Bertz CT molecular complexity index is 448. The van der Waals surface area contributed by atoms with Crippen LogP contribution in [0.5, 0.6) is 0 Å². The van der Waals surface area contributed by atoms with E-state index in [9.17, 15) is 8.42 Å². The minimum absolute atomic E-state index is 0.0269. The highest BCUT2D eigenvalue weighted by molar-refractivity contribution is 7.92. The van der Waals surface area contributed by atoms with E-state index >= 15 is 0 Å². The number of sulfonamides is 1. The summed E-state index contributed by atoms with van der Waals surface area (Å²) in [6.07, 6.45) is 0.977. The fraction of sp³-hybridized carbons (Fsp3) is 0.500. The van der Waals surface area contributed by atoms with Gasteiger partial charge in [0.25, 0.3) is 0 Å². The average Bonchev–Trinajstić information content (AvgIpc) is 2.14. The van der Waals surface area contributed by atoms with E-state index in [1.54, 1.807) is 12.1 Å². The summed E-state index contributed by atoms with van der Waals surface area (Å²) in [7, 11) is -3.30. The molecule has 2 N–H and O–H groups in total. The monoisotopic (exact) mass is 257 g/mol. The number of unbranched alkanes of at least 4 members (excludes halogenated alkanes) is 1. The second-order valence-electron chi connectivity index (χ2n) is 4.23. The van der Waals surface area contributed by atoms with Gasteiger partial charge in [-0.25, -0.2) is 8.42 Å². The van der Waals surface area contributed by atoms with E-state index in [0.29, 0.717) is 18.5 Å². The first-order chi connectivity index (χ1) is 7.93. The molecule has 0 amide bonds. The summed E-state index contributed by atoms with van der Waals surface area (Å²) in [4.78, 5) is 0. The predicted octanol–water partition coefficient (Wildman–Crippen LogP) is 1.82. The van der Waals surface area contributed by atoms with Gasteiger partial charge in [0, 0.05) is 12.3 Å². The maximum absolute atomic E-state index is 11.7. The van der Waals surface area contributed by atoms with Gasteiger partial charge in [-0.05, 0) is 49.9 Å². The van der Waals surface area contributed by atoms with Gasteiger partial charge in [-0.3, -0.25) is 4.72 Å². The van der Waals surface area contributed by atoms with Gasteiger partial charge in [0.15, 0.2) is 0 Å². The van der Waals surface area contributed by atoms with Crippen molar-refractivity contribution < 1.29 is 13.5 Å². The highest BCUT2D eigenvalue weighted by Crippen LogP contribution is 2.15. The molecule has 0 aliphatic rings. The Morgan fingerprint density at radius 2 is 1.71 bits per heavy atom. The van der Waals surface area contributed by atoms with E-state index in [2.05, 4.69) is 4.72 Å². The molecule has 5 heteroatoms. The number of aryl methyl sites for hydroxylation is 2. The van der Waals surface area contributed by atoms with Gasteiger partial charge in [0.05, 0.1) is 5.75 Å². The first kappa shape index (κ1) is 14.0. The van der Waals surface area contributed by atoms with Crippen LogP contribution in [0, 0.1) is 13.8 Å². The first-order valence-electron chi connectivity index (χ1n) is 5.62. The van der Waals surface area contributed by atoms with Crippen molar-refractivity contribution in [2.75, 3.05) is 17.1 Å². The van der Waals surface area contributed by atoms with Gasteiger partial charge in [0.1, 0.15) is 0 Å². The molecule has 0 atom stereocenters. The van der Waals surface area contributed by atoms with Crippen molar-refractivity contribution in [1.82, 2.24) is 0 Å². The molecule has 96 valence electrons. The molecular weight excluding hydrogens is 238 g/mol. The lowest BCUT2D eigenvalue weighted by Gasteiger charge is -2.09. The first-order valence-corrected chi connectivity index (χ1v) is 7.28. The molecule has 0 aliphatic carbocycles. The molecule has 0 saturated heterocycles. The van der Waals surface area contributed by atoms with Crippen molar-refractivity contribution in [3.05, 3.63) is 29.3 Å². The molecule has 0 spiro atoms. The number of nitrogens with one attached hydrogen (secondary N) is 1. The zero-order chi connectivity index (χ0) is 12.9. The Labute approximate surface area is 103 Å². The van der Waals surface area contributed by atoms with Crippen LogP contribution in [0.2, 0.25) is 0 Å². The standard InChI is InChI=1S/C12H19NO3S/c1-10-7-11(2)9-12(8-10)13-17(15,16)6-4-3-5-14/h7-9,13-14H,3-6H2,1-2H3. The Hall–Kier alpha value is -1.07. The normalized spacial score (nSPS) is 11.5. The fourth-order valence-corrected chi connectivity index (χ4v) is 2.83. The highest BCUT2D eigenvalue weighted by Gasteiger charge is 2.10. The van der Waals surface area contributed by atoms with Crippen LogP contribution in [0.15, 0.2) is 18.2 Å². The molecule has 1 aromatic rings. The predicted molar refractivity (Wildman–Crippen MR) is 69.6 cm³/mol. The van der Waals surface area contributed by atoms with Crippen LogP contribution >= 0.6 is 0 Å². The Balaban J connectivity index is 2.69. The molecule has 0 heterocycles. The fourth-order valence-electron chi connectivity index (χ4n) is 1.67. The SMILES string of the molecule is Cc1cc(C)cc(NS(=O)(=O)CCCCO)c1. The molecule has 0 saturated carbocycles. The number of anilines is 1. The average molecular weight is 257 g/mol. The molecule has 0 fully saturated rings. The van der Waals surface area contributed by atoms with Crippen LogP contribution < -0.4 is 4.72 Å². The van der Waals surface area contributed by atoms with E-state index in [1.165, 1.54) is 0 Å². The zero-order valence-electron chi connectivity index (χ0n) is 10.2. The van der Waals surface area contributed by atoms with E-state index in [-0.39, 0.29) is 12.4 Å². The Morgan fingerprint density at radius 3 is 2.24 bits per heavy atom. The van der Waals surface area contributed by atoms with Crippen molar-refractivity contribution in [2.24, 2.45) is 0 Å². The number of rotatable bonds is 6. The third kappa shape index (κ3) is 5.19. The quantitative estimate of drug-likeness (QED) is 0.764. The van der Waals surface area contributed by atoms with Crippen molar-refractivity contribution in [2.45, 2.75) is 26.7 Å². The van der Waals surface area contributed by atoms with Gasteiger partial charge in [0.2, 0.25) is 10.0 Å². The summed E-state index contributed by atoms with van der Waals surface area (Å²) in [5, 5.41) is 8.61. The lowest BCUT2D eigenvalue weighted by atomic mass is 10.1. The molecule has 0 unspecified atom stereocenters. The molecule has 0 aliphatic heterocycles. The number of hydrogen-bond acceptors (Lipinski definition) is 3. The maximum atomic E-state index is 11.7. The van der Waals surface area contributed by atoms with Crippen LogP contribution in [-0.4, -0.2) is 25.9 Å². The number of aliphatic hydroxyl groups excluding tert-OH is 1. The number of benzene rings is 1. The molecule has 4 nitrogen and oxygen atoms in total.